The van der Waals surface area contributed by atoms with Crippen LogP contribution in [-0.2, 0) is 14.3 Å². The fraction of sp³-hybridized carbons (Fsp3) is 0.519. The van der Waals surface area contributed by atoms with Crippen LogP contribution in [0.25, 0.3) is 11.1 Å². The standard InChI is InChI=1S/C27H36N4O4S/c1-5-34-25(32)21-10-16-30(17-11-21)36-24-8-6-20(7-9-24)22-18-28-31(19-22)23-12-14-29(15-13-23)26(33)35-27(2,3)4/h6-10,18-19,23H,5,11-17H2,1-4H3. The lowest BCUT2D eigenvalue weighted by Gasteiger charge is -2.33. The van der Waals surface area contributed by atoms with Crippen LogP contribution in [0.1, 0.15) is 53.0 Å². The maximum Gasteiger partial charge on any atom is 0.410 e. The van der Waals surface area contributed by atoms with Gasteiger partial charge in [-0.25, -0.2) is 13.9 Å². The van der Waals surface area contributed by atoms with Crippen molar-refractivity contribution in [3.05, 3.63) is 48.3 Å². The number of nitrogens with zero attached hydrogens (tertiary/aromatic N) is 4. The van der Waals surface area contributed by atoms with E-state index >= 15 is 0 Å². The monoisotopic (exact) mass is 512 g/mol. The van der Waals surface area contributed by atoms with Crippen molar-refractivity contribution >= 4 is 24.0 Å². The molecule has 0 N–H and O–H groups in total. The lowest BCUT2D eigenvalue weighted by Crippen LogP contribution is -2.42. The van der Waals surface area contributed by atoms with Crippen molar-refractivity contribution < 1.29 is 19.1 Å². The molecule has 36 heavy (non-hydrogen) atoms. The van der Waals surface area contributed by atoms with Crippen LogP contribution in [0, 0.1) is 0 Å². The molecule has 0 unspecified atom stereocenters. The number of aromatic nitrogens is 2. The Labute approximate surface area is 217 Å². The van der Waals surface area contributed by atoms with Gasteiger partial charge < -0.3 is 14.4 Å². The van der Waals surface area contributed by atoms with Crippen molar-refractivity contribution in [2.75, 3.05) is 32.8 Å². The van der Waals surface area contributed by atoms with Gasteiger partial charge in [0.15, 0.2) is 0 Å². The summed E-state index contributed by atoms with van der Waals surface area (Å²) in [4.78, 5) is 27.2. The third-order valence-corrected chi connectivity index (χ3v) is 7.30. The molecule has 194 valence electrons. The summed E-state index contributed by atoms with van der Waals surface area (Å²) in [6, 6.07) is 8.78. The van der Waals surface area contributed by atoms with Crippen LogP contribution in [0.15, 0.2) is 53.2 Å². The molecule has 3 heterocycles. The van der Waals surface area contributed by atoms with Gasteiger partial charge in [0.2, 0.25) is 0 Å². The number of ether oxygens (including phenoxy) is 2. The molecule has 0 spiro atoms. The molecular formula is C27H36N4O4S. The molecule has 1 aromatic heterocycles. The number of esters is 1. The van der Waals surface area contributed by atoms with Crippen LogP contribution < -0.4 is 0 Å². The van der Waals surface area contributed by atoms with E-state index in [1.165, 1.54) is 0 Å². The van der Waals surface area contributed by atoms with Gasteiger partial charge in [-0.3, -0.25) is 4.68 Å². The third-order valence-electron chi connectivity index (χ3n) is 6.22. The first-order chi connectivity index (χ1) is 17.2. The van der Waals surface area contributed by atoms with E-state index in [0.717, 1.165) is 47.5 Å². The van der Waals surface area contributed by atoms with Gasteiger partial charge in [0, 0.05) is 48.4 Å². The van der Waals surface area contributed by atoms with Crippen molar-refractivity contribution in [3.63, 3.8) is 0 Å². The molecule has 2 aliphatic heterocycles. The van der Waals surface area contributed by atoms with Crippen molar-refractivity contribution in [2.24, 2.45) is 0 Å². The molecule has 1 aromatic carbocycles. The minimum absolute atomic E-state index is 0.194. The van der Waals surface area contributed by atoms with Gasteiger partial charge in [0.1, 0.15) is 5.60 Å². The van der Waals surface area contributed by atoms with Crippen molar-refractivity contribution in [1.82, 2.24) is 19.0 Å². The highest BCUT2D eigenvalue weighted by atomic mass is 32.2. The fourth-order valence-electron chi connectivity index (χ4n) is 4.33. The van der Waals surface area contributed by atoms with Gasteiger partial charge in [-0.2, -0.15) is 5.10 Å². The maximum absolute atomic E-state index is 12.3. The van der Waals surface area contributed by atoms with E-state index < -0.39 is 5.60 Å². The smallest absolute Gasteiger partial charge is 0.410 e. The second-order valence-electron chi connectivity index (χ2n) is 10.1. The zero-order valence-electron chi connectivity index (χ0n) is 21.6. The van der Waals surface area contributed by atoms with E-state index in [0.29, 0.717) is 26.1 Å². The van der Waals surface area contributed by atoms with Crippen molar-refractivity contribution in [2.45, 2.75) is 63.5 Å². The van der Waals surface area contributed by atoms with E-state index in [-0.39, 0.29) is 18.1 Å². The number of hydrogen-bond donors (Lipinski definition) is 0. The summed E-state index contributed by atoms with van der Waals surface area (Å²) in [5.41, 5.74) is 2.51. The molecule has 2 aromatic rings. The molecule has 4 rings (SSSR count). The number of rotatable bonds is 6. The van der Waals surface area contributed by atoms with Gasteiger partial charge in [-0.15, -0.1) is 0 Å². The normalized spacial score (nSPS) is 17.6. The number of carbonyl (C=O) groups is 2. The number of amides is 1. The minimum atomic E-state index is -0.475. The molecule has 0 aliphatic carbocycles. The predicted molar refractivity (Wildman–Crippen MR) is 141 cm³/mol. The number of hydrogen-bond acceptors (Lipinski definition) is 7. The van der Waals surface area contributed by atoms with Gasteiger partial charge in [-0.05, 0) is 76.6 Å². The van der Waals surface area contributed by atoms with Crippen LogP contribution in [0.3, 0.4) is 0 Å². The first-order valence-corrected chi connectivity index (χ1v) is 13.4. The van der Waals surface area contributed by atoms with E-state index in [9.17, 15) is 9.59 Å². The molecule has 0 atom stereocenters. The Bertz CT molecular complexity index is 1080. The number of likely N-dealkylation sites (tertiary alicyclic amines) is 1. The Hall–Kier alpha value is -2.78. The van der Waals surface area contributed by atoms with Crippen molar-refractivity contribution in [1.29, 1.82) is 0 Å². The van der Waals surface area contributed by atoms with E-state index in [1.54, 1.807) is 16.8 Å². The average Bonchev–Trinajstić information content (AvgIpc) is 3.34. The van der Waals surface area contributed by atoms with Gasteiger partial charge >= 0.3 is 12.1 Å². The van der Waals surface area contributed by atoms with E-state index in [4.69, 9.17) is 9.47 Å². The topological polar surface area (TPSA) is 76.9 Å². The van der Waals surface area contributed by atoms with E-state index in [2.05, 4.69) is 39.9 Å². The highest BCUT2D eigenvalue weighted by Crippen LogP contribution is 2.30. The van der Waals surface area contributed by atoms with Gasteiger partial charge in [0.05, 0.1) is 18.8 Å². The minimum Gasteiger partial charge on any atom is -0.463 e. The van der Waals surface area contributed by atoms with Crippen LogP contribution in [0.4, 0.5) is 4.79 Å². The highest BCUT2D eigenvalue weighted by molar-refractivity contribution is 7.97. The second-order valence-corrected chi connectivity index (χ2v) is 11.3. The van der Waals surface area contributed by atoms with E-state index in [1.807, 2.05) is 44.6 Å². The Balaban J connectivity index is 1.29. The fourth-order valence-corrected chi connectivity index (χ4v) is 5.21. The summed E-state index contributed by atoms with van der Waals surface area (Å²) in [5.74, 6) is -0.194. The molecule has 8 nitrogen and oxygen atoms in total. The van der Waals surface area contributed by atoms with Crippen LogP contribution in [-0.4, -0.2) is 69.4 Å². The Morgan fingerprint density at radius 2 is 1.81 bits per heavy atom. The summed E-state index contributed by atoms with van der Waals surface area (Å²) in [6.07, 6.45) is 8.17. The second kappa shape index (κ2) is 11.5. The van der Waals surface area contributed by atoms with Crippen molar-refractivity contribution in [3.8, 4) is 11.1 Å². The summed E-state index contributed by atoms with van der Waals surface area (Å²) >= 11 is 1.70. The molecular weight excluding hydrogens is 476 g/mol. The van der Waals surface area contributed by atoms with Crippen LogP contribution in [0.2, 0.25) is 0 Å². The zero-order chi connectivity index (χ0) is 25.7. The Morgan fingerprint density at radius 1 is 1.08 bits per heavy atom. The summed E-state index contributed by atoms with van der Waals surface area (Å²) < 4.78 is 14.9. The number of piperidine rings is 1. The van der Waals surface area contributed by atoms with Crippen LogP contribution >= 0.6 is 11.9 Å². The predicted octanol–water partition coefficient (Wildman–Crippen LogP) is 5.32. The lowest BCUT2D eigenvalue weighted by molar-refractivity contribution is -0.138. The molecule has 1 fully saturated rings. The molecule has 0 bridgehead atoms. The Kier molecular flexibility index (Phi) is 8.41. The largest absolute Gasteiger partial charge is 0.463 e. The first-order valence-electron chi connectivity index (χ1n) is 12.6. The SMILES string of the molecule is CCOC(=O)C1=CCN(Sc2ccc(-c3cnn(C4CCN(C(=O)OC(C)(C)C)CC4)c3)cc2)CC1. The molecule has 0 saturated carbocycles. The molecule has 1 amide bonds. The average molecular weight is 513 g/mol. The molecule has 1 saturated heterocycles. The van der Waals surface area contributed by atoms with Crippen LogP contribution in [0.5, 0.6) is 0 Å². The summed E-state index contributed by atoms with van der Waals surface area (Å²) in [6.45, 7) is 10.8. The van der Waals surface area contributed by atoms with Gasteiger partial charge in [0.25, 0.3) is 0 Å². The zero-order valence-corrected chi connectivity index (χ0v) is 22.4. The summed E-state index contributed by atoms with van der Waals surface area (Å²) in [7, 11) is 0. The molecule has 9 heteroatoms. The first kappa shape index (κ1) is 26.3. The summed E-state index contributed by atoms with van der Waals surface area (Å²) in [5, 5.41) is 4.62. The third kappa shape index (κ3) is 6.91. The lowest BCUT2D eigenvalue weighted by atomic mass is 10.1. The number of benzene rings is 1. The maximum atomic E-state index is 12.3. The molecule has 0 radical (unpaired) electrons. The van der Waals surface area contributed by atoms with Gasteiger partial charge in [-0.1, -0.05) is 18.2 Å². The highest BCUT2D eigenvalue weighted by Gasteiger charge is 2.28. The molecule has 2 aliphatic rings. The quantitative estimate of drug-likeness (QED) is 0.383. The Morgan fingerprint density at radius 3 is 2.42 bits per heavy atom. The number of carbonyl (C=O) groups excluding carboxylic acids is 2.